The molecule has 216 valence electrons. The van der Waals surface area contributed by atoms with Crippen LogP contribution in [0.2, 0.25) is 0 Å². The van der Waals surface area contributed by atoms with Gasteiger partial charge in [-0.3, -0.25) is 0 Å². The first kappa shape index (κ1) is 29.6. The quantitative estimate of drug-likeness (QED) is 0.162. The summed E-state index contributed by atoms with van der Waals surface area (Å²) in [4.78, 5) is 0. The number of hydrogen-bond acceptors (Lipinski definition) is 4. The second-order valence-electron chi connectivity index (χ2n) is 9.62. The molecule has 0 aromatic heterocycles. The molecular weight excluding hydrogens is 531 g/mol. The van der Waals surface area contributed by atoms with Gasteiger partial charge in [-0.25, -0.2) is 13.2 Å². The van der Waals surface area contributed by atoms with Crippen molar-refractivity contribution in [1.82, 2.24) is 0 Å². The summed E-state index contributed by atoms with van der Waals surface area (Å²) in [6.45, 7) is 5.16. The van der Waals surface area contributed by atoms with Crippen LogP contribution in [0.4, 0.5) is 22.0 Å². The summed E-state index contributed by atoms with van der Waals surface area (Å²) < 4.78 is 94.6. The van der Waals surface area contributed by atoms with Crippen LogP contribution in [-0.2, 0) is 10.8 Å². The number of alkyl halides is 4. The Kier molecular flexibility index (Phi) is 9.90. The van der Waals surface area contributed by atoms with Crippen molar-refractivity contribution in [1.29, 1.82) is 0 Å². The summed E-state index contributed by atoms with van der Waals surface area (Å²) in [5.41, 5.74) is -0.864. The third-order valence-electron chi connectivity index (χ3n) is 6.87. The van der Waals surface area contributed by atoms with Crippen LogP contribution in [0.3, 0.4) is 0 Å². The van der Waals surface area contributed by atoms with Gasteiger partial charge in [0.15, 0.2) is 0 Å². The van der Waals surface area contributed by atoms with Crippen LogP contribution in [0.15, 0.2) is 60.7 Å². The van der Waals surface area contributed by atoms with Gasteiger partial charge in [0.25, 0.3) is 6.43 Å². The van der Waals surface area contributed by atoms with Crippen LogP contribution in [0.1, 0.15) is 80.2 Å². The van der Waals surface area contributed by atoms with Gasteiger partial charge in [0.2, 0.25) is 0 Å². The molecule has 4 rings (SSSR count). The number of unbranched alkanes of at least 4 members (excludes halogenated alkanes) is 1. The van der Waals surface area contributed by atoms with E-state index in [1.165, 1.54) is 18.2 Å². The van der Waals surface area contributed by atoms with E-state index < -0.39 is 41.3 Å². The second-order valence-corrected chi connectivity index (χ2v) is 9.62. The van der Waals surface area contributed by atoms with E-state index in [-0.39, 0.29) is 18.1 Å². The van der Waals surface area contributed by atoms with E-state index in [0.29, 0.717) is 31.8 Å². The van der Waals surface area contributed by atoms with Crippen LogP contribution < -0.4 is 14.2 Å². The van der Waals surface area contributed by atoms with Crippen molar-refractivity contribution in [2.45, 2.75) is 64.1 Å². The van der Waals surface area contributed by atoms with Crippen molar-refractivity contribution < 1.29 is 40.9 Å². The minimum Gasteiger partial charge on any atom is -0.494 e. The van der Waals surface area contributed by atoms with Gasteiger partial charge in [0, 0.05) is 11.5 Å². The Balaban J connectivity index is 1.46. The zero-order chi connectivity index (χ0) is 28.7. The lowest BCUT2D eigenvalue weighted by molar-refractivity contribution is -0.186. The molecule has 3 aromatic carbocycles. The topological polar surface area (TPSA) is 36.9 Å². The highest BCUT2D eigenvalue weighted by Gasteiger charge is 2.38. The van der Waals surface area contributed by atoms with Crippen molar-refractivity contribution in [2.75, 3.05) is 19.8 Å². The van der Waals surface area contributed by atoms with Gasteiger partial charge in [-0.1, -0.05) is 25.5 Å². The molecule has 0 radical (unpaired) electrons. The molecule has 1 aliphatic rings. The Labute approximate surface area is 231 Å². The van der Waals surface area contributed by atoms with E-state index in [1.54, 1.807) is 0 Å². The Bertz CT molecular complexity index is 1220. The SMILES string of the molecule is CCCCOc1ccc(C(F)(F)Oc2ccc(C3CCC(c4ccc(OCC)cc4)CO3)c(F)c2C(F)F)cc1. The molecule has 40 heavy (non-hydrogen) atoms. The molecule has 0 aliphatic carbocycles. The fourth-order valence-electron chi connectivity index (χ4n) is 4.67. The van der Waals surface area contributed by atoms with Crippen molar-refractivity contribution in [3.05, 3.63) is 88.7 Å². The molecule has 1 heterocycles. The van der Waals surface area contributed by atoms with Gasteiger partial charge in [-0.15, -0.1) is 0 Å². The molecule has 4 nitrogen and oxygen atoms in total. The Morgan fingerprint density at radius 3 is 2.17 bits per heavy atom. The minimum atomic E-state index is -3.98. The fourth-order valence-corrected chi connectivity index (χ4v) is 4.67. The first-order valence-electron chi connectivity index (χ1n) is 13.5. The standard InChI is InChI=1S/C31H33F5O4/c1-3-5-18-38-24-13-9-22(10-14-24)31(35,36)40-27-17-15-25(29(32)28(27)30(33)34)26-16-8-21(19-39-26)20-6-11-23(12-7-20)37-4-2/h6-7,9-15,17,21,26,30H,3-5,8,16,18-19H2,1-2H3. The molecule has 0 bridgehead atoms. The van der Waals surface area contributed by atoms with E-state index >= 15 is 4.39 Å². The van der Waals surface area contributed by atoms with E-state index in [9.17, 15) is 17.6 Å². The molecule has 0 saturated carbocycles. The van der Waals surface area contributed by atoms with Crippen LogP contribution in [0, 0.1) is 5.82 Å². The third kappa shape index (κ3) is 7.05. The van der Waals surface area contributed by atoms with Gasteiger partial charge in [-0.2, -0.15) is 8.78 Å². The largest absolute Gasteiger partial charge is 0.494 e. The smallest absolute Gasteiger partial charge is 0.426 e. The Morgan fingerprint density at radius 2 is 1.57 bits per heavy atom. The molecule has 0 spiro atoms. The Hall–Kier alpha value is -3.33. The lowest BCUT2D eigenvalue weighted by Crippen LogP contribution is -2.24. The predicted octanol–water partition coefficient (Wildman–Crippen LogP) is 9.10. The molecule has 0 N–H and O–H groups in total. The Morgan fingerprint density at radius 1 is 0.900 bits per heavy atom. The molecule has 3 aromatic rings. The molecule has 2 unspecified atom stereocenters. The molecule has 1 saturated heterocycles. The number of ether oxygens (including phenoxy) is 4. The van der Waals surface area contributed by atoms with Crippen molar-refractivity contribution in [2.24, 2.45) is 0 Å². The van der Waals surface area contributed by atoms with E-state index in [4.69, 9.17) is 18.9 Å². The van der Waals surface area contributed by atoms with Crippen molar-refractivity contribution >= 4 is 0 Å². The molecule has 1 fully saturated rings. The average Bonchev–Trinajstić information content (AvgIpc) is 2.94. The van der Waals surface area contributed by atoms with Crippen LogP contribution in [-0.4, -0.2) is 19.8 Å². The number of hydrogen-bond donors (Lipinski definition) is 0. The summed E-state index contributed by atoms with van der Waals surface area (Å²) >= 11 is 0. The van der Waals surface area contributed by atoms with Gasteiger partial charge < -0.3 is 18.9 Å². The molecule has 1 aliphatic heterocycles. The van der Waals surface area contributed by atoms with Gasteiger partial charge in [0.05, 0.1) is 37.1 Å². The number of benzene rings is 3. The van der Waals surface area contributed by atoms with Crippen LogP contribution >= 0.6 is 0 Å². The first-order valence-corrected chi connectivity index (χ1v) is 13.5. The highest BCUT2D eigenvalue weighted by atomic mass is 19.3. The van der Waals surface area contributed by atoms with E-state index in [0.717, 1.165) is 42.4 Å². The normalized spacial score (nSPS) is 17.6. The fraction of sp³-hybridized carbons (Fsp3) is 0.419. The van der Waals surface area contributed by atoms with Gasteiger partial charge >= 0.3 is 6.11 Å². The lowest BCUT2D eigenvalue weighted by atomic mass is 9.89. The molecular formula is C31H33F5O4. The van der Waals surface area contributed by atoms with Crippen molar-refractivity contribution in [3.8, 4) is 17.2 Å². The third-order valence-corrected chi connectivity index (χ3v) is 6.87. The first-order chi connectivity index (χ1) is 19.2. The zero-order valence-electron chi connectivity index (χ0n) is 22.5. The monoisotopic (exact) mass is 564 g/mol. The molecule has 2 atom stereocenters. The number of halogens is 5. The van der Waals surface area contributed by atoms with E-state index in [2.05, 4.69) is 0 Å². The maximum absolute atomic E-state index is 15.4. The summed E-state index contributed by atoms with van der Waals surface area (Å²) in [5, 5.41) is 0. The minimum absolute atomic E-state index is 0.0503. The summed E-state index contributed by atoms with van der Waals surface area (Å²) in [6, 6.07) is 14.6. The van der Waals surface area contributed by atoms with Crippen molar-refractivity contribution in [3.63, 3.8) is 0 Å². The highest BCUT2D eigenvalue weighted by molar-refractivity contribution is 5.42. The van der Waals surface area contributed by atoms with Gasteiger partial charge in [0.1, 0.15) is 23.1 Å². The molecule has 9 heteroatoms. The second kappa shape index (κ2) is 13.4. The summed E-state index contributed by atoms with van der Waals surface area (Å²) in [7, 11) is 0. The maximum Gasteiger partial charge on any atom is 0.426 e. The maximum atomic E-state index is 15.4. The van der Waals surface area contributed by atoms with Crippen LogP contribution in [0.5, 0.6) is 17.2 Å². The average molecular weight is 565 g/mol. The zero-order valence-corrected chi connectivity index (χ0v) is 22.5. The highest BCUT2D eigenvalue weighted by Crippen LogP contribution is 2.43. The lowest BCUT2D eigenvalue weighted by Gasteiger charge is -2.30. The van der Waals surface area contributed by atoms with Crippen LogP contribution in [0.25, 0.3) is 0 Å². The predicted molar refractivity (Wildman–Crippen MR) is 141 cm³/mol. The number of rotatable bonds is 12. The van der Waals surface area contributed by atoms with Gasteiger partial charge in [-0.05, 0) is 80.3 Å². The summed E-state index contributed by atoms with van der Waals surface area (Å²) in [6.07, 6.45) is -5.40. The summed E-state index contributed by atoms with van der Waals surface area (Å²) in [5.74, 6) is -1.02. The molecule has 0 amide bonds. The van der Waals surface area contributed by atoms with E-state index in [1.807, 2.05) is 38.1 Å².